The molecule has 1 aromatic rings. The van der Waals surface area contributed by atoms with Crippen LogP contribution in [0.25, 0.3) is 0 Å². The first-order valence-electron chi connectivity index (χ1n) is 6.14. The van der Waals surface area contributed by atoms with Crippen molar-refractivity contribution < 1.29 is 4.79 Å². The van der Waals surface area contributed by atoms with Crippen LogP contribution in [0.4, 0.5) is 0 Å². The summed E-state index contributed by atoms with van der Waals surface area (Å²) in [6, 6.07) is 4.53. The highest BCUT2D eigenvalue weighted by atomic mass is 35.5. The van der Waals surface area contributed by atoms with Gasteiger partial charge in [0.1, 0.15) is 0 Å². The average Bonchev–Trinajstić information content (AvgIpc) is 2.30. The van der Waals surface area contributed by atoms with Gasteiger partial charge in [0.2, 0.25) is 5.91 Å². The predicted molar refractivity (Wildman–Crippen MR) is 87.7 cm³/mol. The smallest absolute Gasteiger partial charge is 0.237 e. The van der Waals surface area contributed by atoms with E-state index in [9.17, 15) is 4.79 Å². The van der Waals surface area contributed by atoms with Crippen LogP contribution >= 0.6 is 35.6 Å². The van der Waals surface area contributed by atoms with Gasteiger partial charge >= 0.3 is 0 Å². The zero-order valence-corrected chi connectivity index (χ0v) is 14.4. The van der Waals surface area contributed by atoms with Crippen LogP contribution in [0, 0.1) is 5.41 Å². The molecular formula is C14H21Cl3N2O. The Bertz CT molecular complexity index is 472. The van der Waals surface area contributed by atoms with Crippen molar-refractivity contribution in [2.24, 2.45) is 11.1 Å². The van der Waals surface area contributed by atoms with Crippen molar-refractivity contribution in [1.82, 2.24) is 5.32 Å². The van der Waals surface area contributed by atoms with Crippen LogP contribution in [-0.2, 0) is 4.79 Å². The fraction of sp³-hybridized carbons (Fsp3) is 0.500. The van der Waals surface area contributed by atoms with Crippen molar-refractivity contribution in [3.63, 3.8) is 0 Å². The number of halogens is 3. The van der Waals surface area contributed by atoms with E-state index in [1.165, 1.54) is 0 Å². The Morgan fingerprint density at radius 3 is 2.35 bits per heavy atom. The molecule has 0 aromatic heterocycles. The van der Waals surface area contributed by atoms with Crippen molar-refractivity contribution in [2.75, 3.05) is 0 Å². The Hall–Kier alpha value is -0.480. The van der Waals surface area contributed by atoms with E-state index in [4.69, 9.17) is 28.9 Å². The van der Waals surface area contributed by atoms with Gasteiger partial charge in [-0.05, 0) is 24.0 Å². The summed E-state index contributed by atoms with van der Waals surface area (Å²) in [5.41, 5.74) is 6.41. The maximum absolute atomic E-state index is 12.1. The monoisotopic (exact) mass is 338 g/mol. The maximum atomic E-state index is 12.1. The molecule has 0 fully saturated rings. The van der Waals surface area contributed by atoms with Gasteiger partial charge in [0.25, 0.3) is 0 Å². The Morgan fingerprint density at radius 1 is 1.30 bits per heavy atom. The van der Waals surface area contributed by atoms with Gasteiger partial charge in [-0.1, -0.05) is 56.1 Å². The summed E-state index contributed by atoms with van der Waals surface area (Å²) in [6.45, 7) is 7.63. The van der Waals surface area contributed by atoms with Gasteiger partial charge in [-0.3, -0.25) is 4.79 Å². The lowest BCUT2D eigenvalue weighted by molar-refractivity contribution is -0.125. The molecule has 3 N–H and O–H groups in total. The summed E-state index contributed by atoms with van der Waals surface area (Å²) in [7, 11) is 0. The number of rotatable bonds is 3. The van der Waals surface area contributed by atoms with Crippen molar-refractivity contribution in [3.8, 4) is 0 Å². The number of nitrogens with one attached hydrogen (secondary N) is 1. The van der Waals surface area contributed by atoms with Crippen molar-refractivity contribution >= 4 is 41.5 Å². The summed E-state index contributed by atoms with van der Waals surface area (Å²) >= 11 is 12.1. The van der Waals surface area contributed by atoms with E-state index in [0.717, 1.165) is 5.56 Å². The minimum Gasteiger partial charge on any atom is -0.348 e. The Balaban J connectivity index is 0.00000361. The third-order valence-corrected chi connectivity index (χ3v) is 3.86. The second-order valence-electron chi connectivity index (χ2n) is 5.72. The quantitative estimate of drug-likeness (QED) is 0.875. The van der Waals surface area contributed by atoms with Crippen LogP contribution in [0.1, 0.15) is 39.3 Å². The first-order valence-corrected chi connectivity index (χ1v) is 6.90. The molecule has 3 nitrogen and oxygen atoms in total. The first kappa shape index (κ1) is 19.5. The molecule has 1 rings (SSSR count). The minimum atomic E-state index is -0.576. The lowest BCUT2D eigenvalue weighted by Gasteiger charge is -2.27. The fourth-order valence-electron chi connectivity index (χ4n) is 1.63. The van der Waals surface area contributed by atoms with E-state index in [1.54, 1.807) is 12.1 Å². The Morgan fingerprint density at radius 2 is 1.85 bits per heavy atom. The molecular weight excluding hydrogens is 319 g/mol. The normalized spacial score (nSPS) is 14.2. The molecule has 0 bridgehead atoms. The number of amides is 1. The van der Waals surface area contributed by atoms with Crippen molar-refractivity contribution in [1.29, 1.82) is 0 Å². The maximum Gasteiger partial charge on any atom is 0.237 e. The topological polar surface area (TPSA) is 55.1 Å². The van der Waals surface area contributed by atoms with Crippen LogP contribution in [-0.4, -0.2) is 11.9 Å². The Labute approximate surface area is 136 Å². The highest BCUT2D eigenvalue weighted by Crippen LogP contribution is 2.30. The number of benzene rings is 1. The fourth-order valence-corrected chi connectivity index (χ4v) is 2.10. The van der Waals surface area contributed by atoms with Crippen LogP contribution in [0.15, 0.2) is 18.2 Å². The van der Waals surface area contributed by atoms with Crippen LogP contribution in [0.3, 0.4) is 0 Å². The van der Waals surface area contributed by atoms with Crippen molar-refractivity contribution in [3.05, 3.63) is 33.8 Å². The molecule has 20 heavy (non-hydrogen) atoms. The lowest BCUT2D eigenvalue weighted by atomic mass is 9.86. The van der Waals surface area contributed by atoms with E-state index >= 15 is 0 Å². The molecule has 0 radical (unpaired) electrons. The second kappa shape index (κ2) is 7.51. The molecule has 0 saturated heterocycles. The van der Waals surface area contributed by atoms with E-state index < -0.39 is 6.04 Å². The van der Waals surface area contributed by atoms with Crippen molar-refractivity contribution in [2.45, 2.75) is 39.8 Å². The highest BCUT2D eigenvalue weighted by Gasteiger charge is 2.28. The zero-order valence-electron chi connectivity index (χ0n) is 12.0. The number of nitrogens with two attached hydrogens (primary N) is 1. The molecule has 0 aliphatic heterocycles. The van der Waals surface area contributed by atoms with Gasteiger partial charge in [0.05, 0.1) is 22.1 Å². The molecule has 6 heteroatoms. The molecule has 0 saturated carbocycles. The van der Waals surface area contributed by atoms with E-state index in [2.05, 4.69) is 5.32 Å². The summed E-state index contributed by atoms with van der Waals surface area (Å²) in [5.74, 6) is -0.198. The molecule has 0 spiro atoms. The molecule has 0 aliphatic carbocycles. The minimum absolute atomic E-state index is 0. The predicted octanol–water partition coefficient (Wildman–Crippen LogP) is 3.97. The van der Waals surface area contributed by atoms with Gasteiger partial charge in [0.15, 0.2) is 0 Å². The summed E-state index contributed by atoms with van der Waals surface area (Å²) in [5, 5.41) is 3.80. The molecule has 2 atom stereocenters. The lowest BCUT2D eigenvalue weighted by Crippen LogP contribution is -2.49. The summed E-state index contributed by atoms with van der Waals surface area (Å²) in [4.78, 5) is 12.1. The SMILES string of the molecule is CC(NC(=O)[C@@H](N)C(C)(C)C)c1cccc(Cl)c1Cl.Cl. The third kappa shape index (κ3) is 4.81. The third-order valence-electron chi connectivity index (χ3n) is 3.02. The van der Waals surface area contributed by atoms with Crippen LogP contribution in [0.2, 0.25) is 10.0 Å². The molecule has 1 amide bonds. The standard InChI is InChI=1S/C14H20Cl2N2O.ClH/c1-8(9-6-5-7-10(15)11(9)16)18-13(19)12(17)14(2,3)4;/h5-8,12H,17H2,1-4H3,(H,18,19);1H/t8?,12-;/m1./s1. The summed E-state index contributed by atoms with van der Waals surface area (Å²) in [6.07, 6.45) is 0. The van der Waals surface area contributed by atoms with E-state index in [0.29, 0.717) is 10.0 Å². The molecule has 0 aliphatic rings. The summed E-state index contributed by atoms with van der Waals surface area (Å²) < 4.78 is 0. The van der Waals surface area contributed by atoms with Gasteiger partial charge in [-0.25, -0.2) is 0 Å². The molecule has 1 unspecified atom stereocenters. The second-order valence-corrected chi connectivity index (χ2v) is 6.50. The average molecular weight is 340 g/mol. The van der Waals surface area contributed by atoms with E-state index in [1.807, 2.05) is 33.8 Å². The first-order chi connectivity index (χ1) is 8.64. The molecule has 0 heterocycles. The Kier molecular flexibility index (Phi) is 7.33. The number of carbonyl (C=O) groups is 1. The number of hydrogen-bond acceptors (Lipinski definition) is 2. The van der Waals surface area contributed by atoms with Crippen LogP contribution < -0.4 is 11.1 Å². The highest BCUT2D eigenvalue weighted by molar-refractivity contribution is 6.42. The molecule has 1 aromatic carbocycles. The van der Waals surface area contributed by atoms with Gasteiger partial charge < -0.3 is 11.1 Å². The largest absolute Gasteiger partial charge is 0.348 e. The van der Waals surface area contributed by atoms with Gasteiger partial charge in [-0.2, -0.15) is 0 Å². The van der Waals surface area contributed by atoms with Crippen LogP contribution in [0.5, 0.6) is 0 Å². The zero-order chi connectivity index (χ0) is 14.8. The number of hydrogen-bond donors (Lipinski definition) is 2. The molecule has 114 valence electrons. The number of carbonyl (C=O) groups excluding carboxylic acids is 1. The van der Waals surface area contributed by atoms with E-state index in [-0.39, 0.29) is 29.8 Å². The van der Waals surface area contributed by atoms with Gasteiger partial charge in [-0.15, -0.1) is 12.4 Å². The van der Waals surface area contributed by atoms with Gasteiger partial charge in [0, 0.05) is 0 Å².